The van der Waals surface area contributed by atoms with Crippen LogP contribution in [-0.4, -0.2) is 60.6 Å². The average molecular weight is 253 g/mol. The van der Waals surface area contributed by atoms with Crippen LogP contribution in [0.25, 0.3) is 0 Å². The van der Waals surface area contributed by atoms with Crippen molar-refractivity contribution >= 4 is 5.91 Å². The van der Waals surface area contributed by atoms with E-state index in [2.05, 4.69) is 0 Å². The highest BCUT2D eigenvalue weighted by Crippen LogP contribution is 2.18. The topological polar surface area (TPSA) is 49.6 Å². The molecule has 1 heterocycles. The van der Waals surface area contributed by atoms with Gasteiger partial charge in [0.15, 0.2) is 0 Å². The first kappa shape index (κ1) is 14.2. The van der Waals surface area contributed by atoms with Crippen molar-refractivity contribution in [3.63, 3.8) is 0 Å². The second-order valence-electron chi connectivity index (χ2n) is 4.25. The molecule has 7 heteroatoms. The van der Waals surface area contributed by atoms with E-state index in [0.717, 1.165) is 0 Å². The van der Waals surface area contributed by atoms with Gasteiger partial charge in [-0.25, -0.2) is 0 Å². The van der Waals surface area contributed by atoms with E-state index >= 15 is 0 Å². The van der Waals surface area contributed by atoms with Crippen LogP contribution in [0.15, 0.2) is 0 Å². The van der Waals surface area contributed by atoms with Gasteiger partial charge in [-0.3, -0.25) is 14.6 Å². The molecule has 0 spiro atoms. The Hall–Kier alpha value is -0.820. The van der Waals surface area contributed by atoms with Crippen molar-refractivity contribution in [1.29, 1.82) is 0 Å². The zero-order chi connectivity index (χ0) is 13.1. The lowest BCUT2D eigenvalue weighted by Crippen LogP contribution is -2.55. The number of primary amides is 1. The third-order valence-corrected chi connectivity index (χ3v) is 2.97. The molecule has 1 saturated heterocycles. The van der Waals surface area contributed by atoms with Crippen molar-refractivity contribution in [2.75, 3.05) is 32.7 Å². The minimum Gasteiger partial charge on any atom is -0.368 e. The van der Waals surface area contributed by atoms with Crippen LogP contribution in [0.3, 0.4) is 0 Å². The molecule has 1 aliphatic heterocycles. The highest BCUT2D eigenvalue weighted by molar-refractivity contribution is 5.79. The highest BCUT2D eigenvalue weighted by atomic mass is 19.4. The van der Waals surface area contributed by atoms with Crippen molar-refractivity contribution in [2.24, 2.45) is 5.73 Å². The van der Waals surface area contributed by atoms with Gasteiger partial charge in [0, 0.05) is 26.2 Å². The third kappa shape index (κ3) is 4.51. The molecule has 1 fully saturated rings. The summed E-state index contributed by atoms with van der Waals surface area (Å²) in [5, 5.41) is 0. The summed E-state index contributed by atoms with van der Waals surface area (Å²) in [5.41, 5.74) is 5.24. The minimum absolute atomic E-state index is 0.323. The number of carbonyl (C=O) groups is 1. The molecule has 4 nitrogen and oxygen atoms in total. The number of halogens is 3. The predicted molar refractivity (Wildman–Crippen MR) is 57.3 cm³/mol. The first-order chi connectivity index (χ1) is 7.83. The van der Waals surface area contributed by atoms with Crippen LogP contribution in [0, 0.1) is 0 Å². The Bertz CT molecular complexity index is 262. The maximum absolute atomic E-state index is 12.2. The molecule has 0 aromatic heterocycles. The van der Waals surface area contributed by atoms with Crippen LogP contribution in [0.5, 0.6) is 0 Å². The van der Waals surface area contributed by atoms with E-state index in [1.54, 1.807) is 0 Å². The van der Waals surface area contributed by atoms with Crippen molar-refractivity contribution in [3.8, 4) is 0 Å². The zero-order valence-electron chi connectivity index (χ0n) is 9.83. The highest BCUT2D eigenvalue weighted by Gasteiger charge is 2.33. The lowest BCUT2D eigenvalue weighted by Gasteiger charge is -2.37. The lowest BCUT2D eigenvalue weighted by molar-refractivity contribution is -0.151. The number of rotatable bonds is 4. The summed E-state index contributed by atoms with van der Waals surface area (Å²) in [6.45, 7) is 2.52. The van der Waals surface area contributed by atoms with Crippen molar-refractivity contribution in [1.82, 2.24) is 9.80 Å². The van der Waals surface area contributed by atoms with E-state index in [1.807, 2.05) is 11.8 Å². The Morgan fingerprint density at radius 1 is 1.29 bits per heavy atom. The van der Waals surface area contributed by atoms with E-state index in [1.165, 1.54) is 4.90 Å². The smallest absolute Gasteiger partial charge is 0.368 e. The van der Waals surface area contributed by atoms with Gasteiger partial charge in [-0.1, -0.05) is 6.92 Å². The largest absolute Gasteiger partial charge is 0.401 e. The summed E-state index contributed by atoms with van der Waals surface area (Å²) >= 11 is 0. The monoisotopic (exact) mass is 253 g/mol. The number of hydrogen-bond donors (Lipinski definition) is 1. The standard InChI is InChI=1S/C10H18F3N3O/c1-2-8(9(14)17)16-5-3-15(4-6-16)7-10(11,12)13/h8H,2-7H2,1H3,(H2,14,17). The molecule has 0 aliphatic carbocycles. The molecule has 0 saturated carbocycles. The number of nitrogens with two attached hydrogens (primary N) is 1. The fraction of sp³-hybridized carbons (Fsp3) is 0.900. The Morgan fingerprint density at radius 3 is 2.18 bits per heavy atom. The molecule has 1 rings (SSSR count). The van der Waals surface area contributed by atoms with Crippen LogP contribution >= 0.6 is 0 Å². The van der Waals surface area contributed by atoms with E-state index in [0.29, 0.717) is 32.6 Å². The fourth-order valence-corrected chi connectivity index (χ4v) is 2.13. The molecule has 17 heavy (non-hydrogen) atoms. The maximum atomic E-state index is 12.2. The molecular formula is C10H18F3N3O. The van der Waals surface area contributed by atoms with Crippen LogP contribution < -0.4 is 5.73 Å². The first-order valence-electron chi connectivity index (χ1n) is 5.66. The molecule has 2 N–H and O–H groups in total. The number of piperazine rings is 1. The second-order valence-corrected chi connectivity index (χ2v) is 4.25. The normalized spacial score (nSPS) is 21.4. The van der Waals surface area contributed by atoms with Crippen molar-refractivity contribution in [2.45, 2.75) is 25.6 Å². The summed E-state index contributed by atoms with van der Waals surface area (Å²) in [5.74, 6) is -0.406. The second kappa shape index (κ2) is 5.68. The molecule has 100 valence electrons. The van der Waals surface area contributed by atoms with Gasteiger partial charge in [-0.05, 0) is 6.42 Å². The number of alkyl halides is 3. The van der Waals surface area contributed by atoms with Crippen molar-refractivity contribution in [3.05, 3.63) is 0 Å². The molecule has 1 atom stereocenters. The van der Waals surface area contributed by atoms with E-state index in [4.69, 9.17) is 5.73 Å². The van der Waals surface area contributed by atoms with Gasteiger partial charge in [0.25, 0.3) is 0 Å². The van der Waals surface area contributed by atoms with Gasteiger partial charge in [0.2, 0.25) is 5.91 Å². The molecule has 1 aliphatic rings. The molecule has 1 unspecified atom stereocenters. The third-order valence-electron chi connectivity index (χ3n) is 2.97. The summed E-state index contributed by atoms with van der Waals surface area (Å²) in [4.78, 5) is 14.3. The molecular weight excluding hydrogens is 235 g/mol. The van der Waals surface area contributed by atoms with Crippen molar-refractivity contribution < 1.29 is 18.0 Å². The zero-order valence-corrected chi connectivity index (χ0v) is 9.83. The fourth-order valence-electron chi connectivity index (χ4n) is 2.13. The predicted octanol–water partition coefficient (Wildman–Crippen LogP) is 0.430. The molecule has 0 radical (unpaired) electrons. The molecule has 1 amide bonds. The average Bonchev–Trinajstić information content (AvgIpc) is 2.18. The molecule has 0 bridgehead atoms. The number of carbonyl (C=O) groups excluding carboxylic acids is 1. The van der Waals surface area contributed by atoms with Crippen LogP contribution in [0.4, 0.5) is 13.2 Å². The molecule has 0 aromatic rings. The van der Waals surface area contributed by atoms with E-state index in [-0.39, 0.29) is 6.04 Å². The van der Waals surface area contributed by atoms with Gasteiger partial charge in [-0.2, -0.15) is 13.2 Å². The summed E-state index contributed by atoms with van der Waals surface area (Å²) < 4.78 is 36.5. The van der Waals surface area contributed by atoms with E-state index < -0.39 is 18.6 Å². The van der Waals surface area contributed by atoms with Gasteiger partial charge in [-0.15, -0.1) is 0 Å². The van der Waals surface area contributed by atoms with Gasteiger partial charge in [0.1, 0.15) is 0 Å². The SMILES string of the molecule is CCC(C(N)=O)N1CCN(CC(F)(F)F)CC1. The minimum atomic E-state index is -4.16. The Balaban J connectivity index is 2.42. The number of hydrogen-bond acceptors (Lipinski definition) is 3. The first-order valence-corrected chi connectivity index (χ1v) is 5.66. The van der Waals surface area contributed by atoms with E-state index in [9.17, 15) is 18.0 Å². The Morgan fingerprint density at radius 2 is 1.82 bits per heavy atom. The summed E-state index contributed by atoms with van der Waals surface area (Å²) in [6.07, 6.45) is -3.56. The number of amides is 1. The Labute approximate surface area is 98.5 Å². The van der Waals surface area contributed by atoms with Crippen LogP contribution in [-0.2, 0) is 4.79 Å². The maximum Gasteiger partial charge on any atom is 0.401 e. The summed E-state index contributed by atoms with van der Waals surface area (Å²) in [7, 11) is 0. The van der Waals surface area contributed by atoms with Gasteiger partial charge in [0.05, 0.1) is 12.6 Å². The number of nitrogens with zero attached hydrogens (tertiary/aromatic N) is 2. The quantitative estimate of drug-likeness (QED) is 0.790. The van der Waals surface area contributed by atoms with Crippen LogP contribution in [0.2, 0.25) is 0 Å². The summed E-state index contributed by atoms with van der Waals surface area (Å²) in [6, 6.07) is -0.358. The van der Waals surface area contributed by atoms with Crippen LogP contribution in [0.1, 0.15) is 13.3 Å². The Kier molecular flexibility index (Phi) is 4.76. The molecule has 0 aromatic carbocycles. The van der Waals surface area contributed by atoms with Gasteiger partial charge >= 0.3 is 6.18 Å². The lowest BCUT2D eigenvalue weighted by atomic mass is 10.1. The van der Waals surface area contributed by atoms with Gasteiger partial charge < -0.3 is 5.73 Å².